The molecule has 1 amide bonds. The lowest BCUT2D eigenvalue weighted by Gasteiger charge is -2.18. The van der Waals surface area contributed by atoms with E-state index in [0.29, 0.717) is 18.0 Å². The van der Waals surface area contributed by atoms with Crippen molar-refractivity contribution < 1.29 is 14.3 Å². The summed E-state index contributed by atoms with van der Waals surface area (Å²) in [6.45, 7) is 6.24. The van der Waals surface area contributed by atoms with Crippen LogP contribution in [0.1, 0.15) is 32.4 Å². The van der Waals surface area contributed by atoms with Gasteiger partial charge in [0.1, 0.15) is 0 Å². The summed E-state index contributed by atoms with van der Waals surface area (Å²) in [6.07, 6.45) is -0.559. The van der Waals surface area contributed by atoms with E-state index >= 15 is 0 Å². The third-order valence-electron chi connectivity index (χ3n) is 3.14. The van der Waals surface area contributed by atoms with Crippen molar-refractivity contribution in [3.8, 4) is 11.5 Å². The normalized spacial score (nSPS) is 13.4. The molecule has 0 saturated heterocycles. The highest BCUT2D eigenvalue weighted by Crippen LogP contribution is 2.30. The second-order valence-electron chi connectivity index (χ2n) is 4.58. The minimum Gasteiger partial charge on any atom is -0.493 e. The van der Waals surface area contributed by atoms with Gasteiger partial charge in [-0.1, -0.05) is 6.07 Å². The molecule has 0 saturated carbocycles. The summed E-state index contributed by atoms with van der Waals surface area (Å²) < 4.78 is 11.0. The van der Waals surface area contributed by atoms with Crippen molar-refractivity contribution in [3.63, 3.8) is 0 Å². The number of carbonyl (C=O) groups excluding carboxylic acids is 1. The Morgan fingerprint density at radius 3 is 2.55 bits per heavy atom. The van der Waals surface area contributed by atoms with E-state index in [1.807, 2.05) is 32.2 Å². The van der Waals surface area contributed by atoms with Gasteiger partial charge in [0.25, 0.3) is 5.91 Å². The van der Waals surface area contributed by atoms with Crippen LogP contribution in [0, 0.1) is 0 Å². The largest absolute Gasteiger partial charge is 0.493 e. The number of nitrogens with one attached hydrogen (secondary N) is 2. The molecule has 1 aromatic carbocycles. The fraction of sp³-hybridized carbons (Fsp3) is 0.533. The lowest BCUT2D eigenvalue weighted by Crippen LogP contribution is -2.36. The first kappa shape index (κ1) is 16.3. The summed E-state index contributed by atoms with van der Waals surface area (Å²) in [5.41, 5.74) is 1.10. The molecule has 1 rings (SSSR count). The van der Waals surface area contributed by atoms with E-state index in [-0.39, 0.29) is 11.9 Å². The fourth-order valence-electron chi connectivity index (χ4n) is 1.78. The molecule has 5 heteroatoms. The van der Waals surface area contributed by atoms with E-state index in [0.717, 1.165) is 5.56 Å². The third kappa shape index (κ3) is 4.13. The molecule has 0 aliphatic heterocycles. The van der Waals surface area contributed by atoms with E-state index in [9.17, 15) is 4.79 Å². The van der Waals surface area contributed by atoms with Crippen molar-refractivity contribution in [3.05, 3.63) is 23.8 Å². The summed E-state index contributed by atoms with van der Waals surface area (Å²) in [6, 6.07) is 5.93. The average Bonchev–Trinajstić information content (AvgIpc) is 2.46. The molecule has 0 aliphatic carbocycles. The van der Waals surface area contributed by atoms with Crippen LogP contribution < -0.4 is 20.1 Å². The van der Waals surface area contributed by atoms with Crippen molar-refractivity contribution >= 4 is 5.91 Å². The van der Waals surface area contributed by atoms with Crippen molar-refractivity contribution in [2.75, 3.05) is 20.7 Å². The highest BCUT2D eigenvalue weighted by Gasteiger charge is 2.16. The standard InChI is InChI=1S/C15H24N2O3/c1-6-17-15(18)11(3)20-13-8-7-12(10(2)16-4)9-14(13)19-5/h7-11,16H,6H2,1-5H3,(H,17,18). The molecule has 0 heterocycles. The highest BCUT2D eigenvalue weighted by atomic mass is 16.5. The zero-order valence-electron chi connectivity index (χ0n) is 12.8. The molecular weight excluding hydrogens is 256 g/mol. The summed E-state index contributed by atoms with van der Waals surface area (Å²) >= 11 is 0. The first-order valence-electron chi connectivity index (χ1n) is 6.83. The number of ether oxygens (including phenoxy) is 2. The lowest BCUT2D eigenvalue weighted by atomic mass is 10.1. The van der Waals surface area contributed by atoms with E-state index < -0.39 is 6.10 Å². The van der Waals surface area contributed by atoms with Crippen LogP contribution in [0.15, 0.2) is 18.2 Å². The first-order chi connectivity index (χ1) is 9.53. The van der Waals surface area contributed by atoms with Crippen molar-refractivity contribution in [1.29, 1.82) is 0 Å². The number of methoxy groups -OCH3 is 1. The third-order valence-corrected chi connectivity index (χ3v) is 3.14. The Balaban J connectivity index is 2.87. The Hall–Kier alpha value is -1.75. The molecule has 0 aliphatic rings. The van der Waals surface area contributed by atoms with Gasteiger partial charge in [-0.25, -0.2) is 0 Å². The highest BCUT2D eigenvalue weighted by molar-refractivity contribution is 5.80. The van der Waals surface area contributed by atoms with Crippen molar-refractivity contribution in [2.24, 2.45) is 0 Å². The summed E-state index contributed by atoms with van der Waals surface area (Å²) in [4.78, 5) is 11.7. The maximum absolute atomic E-state index is 11.7. The Labute approximate surface area is 120 Å². The molecule has 2 atom stereocenters. The predicted octanol–water partition coefficient (Wildman–Crippen LogP) is 1.88. The van der Waals surface area contributed by atoms with Crippen LogP contribution in [0.5, 0.6) is 11.5 Å². The molecule has 0 aromatic heterocycles. The van der Waals surface area contributed by atoms with Gasteiger partial charge in [-0.2, -0.15) is 0 Å². The molecule has 2 N–H and O–H groups in total. The SMILES string of the molecule is CCNC(=O)C(C)Oc1ccc(C(C)NC)cc1OC. The molecule has 0 bridgehead atoms. The molecule has 0 radical (unpaired) electrons. The van der Waals surface area contributed by atoms with E-state index in [4.69, 9.17) is 9.47 Å². The Kier molecular flexibility index (Phi) is 6.31. The second kappa shape index (κ2) is 7.75. The van der Waals surface area contributed by atoms with E-state index in [2.05, 4.69) is 17.6 Å². The van der Waals surface area contributed by atoms with Gasteiger partial charge in [0.05, 0.1) is 7.11 Å². The Bertz CT molecular complexity index is 449. The van der Waals surface area contributed by atoms with Gasteiger partial charge in [0.15, 0.2) is 17.6 Å². The van der Waals surface area contributed by atoms with Crippen molar-refractivity contribution in [2.45, 2.75) is 32.9 Å². The van der Waals surface area contributed by atoms with Gasteiger partial charge >= 0.3 is 0 Å². The minimum absolute atomic E-state index is 0.137. The van der Waals surface area contributed by atoms with Gasteiger partial charge in [0.2, 0.25) is 0 Å². The molecular formula is C15H24N2O3. The molecule has 0 spiro atoms. The molecule has 2 unspecified atom stereocenters. The number of benzene rings is 1. The van der Waals surface area contributed by atoms with Crippen LogP contribution >= 0.6 is 0 Å². The van der Waals surface area contributed by atoms with E-state index in [1.54, 1.807) is 14.0 Å². The topological polar surface area (TPSA) is 59.6 Å². The van der Waals surface area contributed by atoms with E-state index in [1.165, 1.54) is 0 Å². The minimum atomic E-state index is -0.559. The van der Waals surface area contributed by atoms with Crippen LogP contribution in [0.4, 0.5) is 0 Å². The summed E-state index contributed by atoms with van der Waals surface area (Å²) in [5, 5.41) is 5.89. The number of hydrogen-bond donors (Lipinski definition) is 2. The van der Waals surface area contributed by atoms with Crippen LogP contribution in [-0.4, -0.2) is 32.7 Å². The Morgan fingerprint density at radius 2 is 2.00 bits per heavy atom. The van der Waals surface area contributed by atoms with Crippen LogP contribution in [0.3, 0.4) is 0 Å². The summed E-state index contributed by atoms with van der Waals surface area (Å²) in [7, 11) is 3.49. The second-order valence-corrected chi connectivity index (χ2v) is 4.58. The molecule has 5 nitrogen and oxygen atoms in total. The lowest BCUT2D eigenvalue weighted by molar-refractivity contribution is -0.127. The smallest absolute Gasteiger partial charge is 0.260 e. The number of amides is 1. The zero-order chi connectivity index (χ0) is 15.1. The molecule has 20 heavy (non-hydrogen) atoms. The van der Waals surface area contributed by atoms with Gasteiger partial charge < -0.3 is 20.1 Å². The quantitative estimate of drug-likeness (QED) is 0.800. The molecule has 1 aromatic rings. The van der Waals surface area contributed by atoms with Crippen LogP contribution in [0.25, 0.3) is 0 Å². The summed E-state index contributed by atoms with van der Waals surface area (Å²) in [5.74, 6) is 1.06. The number of rotatable bonds is 7. The van der Waals surface area contributed by atoms with Crippen LogP contribution in [0.2, 0.25) is 0 Å². The Morgan fingerprint density at radius 1 is 1.30 bits per heavy atom. The van der Waals surface area contributed by atoms with Crippen molar-refractivity contribution in [1.82, 2.24) is 10.6 Å². The fourth-order valence-corrected chi connectivity index (χ4v) is 1.78. The molecule has 0 fully saturated rings. The van der Waals surface area contributed by atoms with Crippen LogP contribution in [-0.2, 0) is 4.79 Å². The maximum atomic E-state index is 11.7. The first-order valence-corrected chi connectivity index (χ1v) is 6.83. The number of carbonyl (C=O) groups is 1. The number of likely N-dealkylation sites (N-methyl/N-ethyl adjacent to an activating group) is 1. The number of hydrogen-bond acceptors (Lipinski definition) is 4. The van der Waals surface area contributed by atoms with Gasteiger partial charge in [-0.15, -0.1) is 0 Å². The van der Waals surface area contributed by atoms with Gasteiger partial charge in [-0.3, -0.25) is 4.79 Å². The predicted molar refractivity (Wildman–Crippen MR) is 79.2 cm³/mol. The van der Waals surface area contributed by atoms with Gasteiger partial charge in [-0.05, 0) is 45.5 Å². The average molecular weight is 280 g/mol. The van der Waals surface area contributed by atoms with Gasteiger partial charge in [0, 0.05) is 12.6 Å². The maximum Gasteiger partial charge on any atom is 0.260 e. The molecule has 112 valence electrons. The zero-order valence-corrected chi connectivity index (χ0v) is 12.8. The monoisotopic (exact) mass is 280 g/mol.